The van der Waals surface area contributed by atoms with Crippen molar-refractivity contribution in [2.24, 2.45) is 0 Å². The van der Waals surface area contributed by atoms with Gasteiger partial charge in [-0.15, -0.1) is 0 Å². The molecule has 0 bridgehead atoms. The molecule has 1 radical (unpaired) electrons. The van der Waals surface area contributed by atoms with Crippen molar-refractivity contribution >= 4 is 7.55 Å². The van der Waals surface area contributed by atoms with E-state index >= 15 is 0 Å². The minimum atomic E-state index is 0.590. The molecule has 0 aromatic heterocycles. The van der Waals surface area contributed by atoms with Crippen LogP contribution in [0.25, 0.3) is 0 Å². The SMILES string of the molecule is CC(C)N(C)[B]N(C)C. The maximum atomic E-state index is 2.17. The smallest absolute Gasteiger partial charge is 0.312 e. The second-order valence-corrected chi connectivity index (χ2v) is 2.84. The van der Waals surface area contributed by atoms with E-state index in [0.717, 1.165) is 0 Å². The van der Waals surface area contributed by atoms with Crippen LogP contribution in [0.1, 0.15) is 13.8 Å². The average Bonchev–Trinajstić information content (AvgIpc) is 1.63. The van der Waals surface area contributed by atoms with Crippen LogP contribution in [0.3, 0.4) is 0 Å². The maximum Gasteiger partial charge on any atom is 0.312 e. The Balaban J connectivity index is 3.38. The van der Waals surface area contributed by atoms with Crippen molar-refractivity contribution in [3.05, 3.63) is 0 Å². The van der Waals surface area contributed by atoms with Crippen LogP contribution >= 0.6 is 0 Å². The van der Waals surface area contributed by atoms with Gasteiger partial charge in [-0.05, 0) is 27.2 Å². The molecule has 0 heterocycles. The van der Waals surface area contributed by atoms with Gasteiger partial charge in [0.2, 0.25) is 0 Å². The Kier molecular flexibility index (Phi) is 3.90. The highest BCUT2D eigenvalue weighted by Crippen LogP contribution is 1.89. The van der Waals surface area contributed by atoms with Gasteiger partial charge in [-0.2, -0.15) is 0 Å². The summed E-state index contributed by atoms with van der Waals surface area (Å²) in [5, 5.41) is 0. The number of rotatable bonds is 3. The Morgan fingerprint density at radius 1 is 1.11 bits per heavy atom. The number of hydrogen-bond acceptors (Lipinski definition) is 2. The summed E-state index contributed by atoms with van der Waals surface area (Å²) < 4.78 is 0. The van der Waals surface area contributed by atoms with E-state index in [2.05, 4.69) is 33.3 Å². The second kappa shape index (κ2) is 3.91. The van der Waals surface area contributed by atoms with Crippen molar-refractivity contribution < 1.29 is 0 Å². The minimum Gasteiger partial charge on any atom is -0.337 e. The predicted molar refractivity (Wildman–Crippen MR) is 42.3 cm³/mol. The highest BCUT2D eigenvalue weighted by Gasteiger charge is 2.05. The molecular weight excluding hydrogens is 111 g/mol. The molecule has 3 heteroatoms. The van der Waals surface area contributed by atoms with Crippen LogP contribution in [0.2, 0.25) is 0 Å². The van der Waals surface area contributed by atoms with E-state index in [9.17, 15) is 0 Å². The standard InChI is InChI=1S/C6H16BN2/c1-6(2)9(5)7-8(3)4/h6H,1-5H3. The van der Waals surface area contributed by atoms with Gasteiger partial charge >= 0.3 is 7.55 Å². The quantitative estimate of drug-likeness (QED) is 0.507. The fourth-order valence-electron chi connectivity index (χ4n) is 0.498. The lowest BCUT2D eigenvalue weighted by molar-refractivity contribution is 0.408. The fraction of sp³-hybridized carbons (Fsp3) is 1.00. The van der Waals surface area contributed by atoms with Gasteiger partial charge in [0.15, 0.2) is 0 Å². The third-order valence-electron chi connectivity index (χ3n) is 1.23. The number of hydrogen-bond donors (Lipinski definition) is 0. The van der Waals surface area contributed by atoms with E-state index in [1.54, 1.807) is 0 Å². The van der Waals surface area contributed by atoms with E-state index in [1.807, 2.05) is 18.9 Å². The Labute approximate surface area is 59.1 Å². The van der Waals surface area contributed by atoms with Crippen molar-refractivity contribution in [3.8, 4) is 0 Å². The summed E-state index contributed by atoms with van der Waals surface area (Å²) in [5.41, 5.74) is 0. The van der Waals surface area contributed by atoms with Crippen LogP contribution in [0.5, 0.6) is 0 Å². The van der Waals surface area contributed by atoms with Crippen LogP contribution in [0, 0.1) is 0 Å². The molecule has 0 spiro atoms. The fourth-order valence-corrected chi connectivity index (χ4v) is 0.498. The molecule has 0 rings (SSSR count). The van der Waals surface area contributed by atoms with Crippen LogP contribution in [-0.2, 0) is 0 Å². The third-order valence-corrected chi connectivity index (χ3v) is 1.23. The molecule has 0 saturated carbocycles. The maximum absolute atomic E-state index is 2.17. The van der Waals surface area contributed by atoms with Crippen molar-refractivity contribution in [1.29, 1.82) is 0 Å². The van der Waals surface area contributed by atoms with Crippen molar-refractivity contribution in [2.75, 3.05) is 21.1 Å². The summed E-state index contributed by atoms with van der Waals surface area (Å²) in [4.78, 5) is 4.21. The Hall–Kier alpha value is -0.0151. The van der Waals surface area contributed by atoms with Crippen molar-refractivity contribution in [2.45, 2.75) is 19.9 Å². The van der Waals surface area contributed by atoms with Crippen LogP contribution in [0.15, 0.2) is 0 Å². The van der Waals surface area contributed by atoms with E-state index in [1.165, 1.54) is 0 Å². The molecule has 0 unspecified atom stereocenters. The number of nitrogens with zero attached hydrogens (tertiary/aromatic N) is 2. The largest absolute Gasteiger partial charge is 0.337 e. The van der Waals surface area contributed by atoms with Crippen LogP contribution in [-0.4, -0.2) is 44.4 Å². The molecule has 2 nitrogen and oxygen atoms in total. The van der Waals surface area contributed by atoms with Crippen molar-refractivity contribution in [1.82, 2.24) is 9.62 Å². The van der Waals surface area contributed by atoms with Gasteiger partial charge in [0, 0.05) is 0 Å². The first-order valence-corrected chi connectivity index (χ1v) is 3.27. The zero-order chi connectivity index (χ0) is 7.44. The third kappa shape index (κ3) is 4.49. The molecule has 9 heavy (non-hydrogen) atoms. The lowest BCUT2D eigenvalue weighted by Gasteiger charge is -2.22. The van der Waals surface area contributed by atoms with Gasteiger partial charge in [0.25, 0.3) is 0 Å². The molecule has 53 valence electrons. The summed E-state index contributed by atoms with van der Waals surface area (Å²) in [5.74, 6) is 0. The lowest BCUT2D eigenvalue weighted by atomic mass is 10.1. The highest BCUT2D eigenvalue weighted by molar-refractivity contribution is 6.28. The molecule has 0 atom stereocenters. The Bertz CT molecular complexity index is 73.5. The zero-order valence-electron chi connectivity index (χ0n) is 7.05. The van der Waals surface area contributed by atoms with Gasteiger partial charge < -0.3 is 9.62 Å². The summed E-state index contributed by atoms with van der Waals surface area (Å²) in [6.07, 6.45) is 0. The Morgan fingerprint density at radius 3 is 1.67 bits per heavy atom. The first-order chi connectivity index (χ1) is 4.04. The van der Waals surface area contributed by atoms with E-state index in [-0.39, 0.29) is 0 Å². The van der Waals surface area contributed by atoms with Gasteiger partial charge in [-0.1, -0.05) is 13.8 Å². The van der Waals surface area contributed by atoms with Crippen molar-refractivity contribution in [3.63, 3.8) is 0 Å². The van der Waals surface area contributed by atoms with Gasteiger partial charge in [-0.3, -0.25) is 0 Å². The minimum absolute atomic E-state index is 0.590. The summed E-state index contributed by atoms with van der Waals surface area (Å²) in [6.45, 7) is 4.33. The molecule has 0 amide bonds. The first-order valence-electron chi connectivity index (χ1n) is 3.27. The molecule has 0 N–H and O–H groups in total. The Morgan fingerprint density at radius 2 is 1.56 bits per heavy atom. The van der Waals surface area contributed by atoms with Gasteiger partial charge in [-0.25, -0.2) is 0 Å². The second-order valence-electron chi connectivity index (χ2n) is 2.84. The predicted octanol–water partition coefficient (Wildman–Crippen LogP) is 0.422. The monoisotopic (exact) mass is 127 g/mol. The summed E-state index contributed by atoms with van der Waals surface area (Å²) >= 11 is 0. The van der Waals surface area contributed by atoms with Crippen LogP contribution in [0.4, 0.5) is 0 Å². The normalized spacial score (nSPS) is 11.6. The highest BCUT2D eigenvalue weighted by atomic mass is 15.2. The first kappa shape index (κ1) is 8.98. The molecular formula is C6H16BN2. The van der Waals surface area contributed by atoms with E-state index in [4.69, 9.17) is 0 Å². The summed E-state index contributed by atoms with van der Waals surface area (Å²) in [7, 11) is 8.20. The van der Waals surface area contributed by atoms with Gasteiger partial charge in [0.1, 0.15) is 0 Å². The van der Waals surface area contributed by atoms with E-state index < -0.39 is 0 Å². The molecule has 0 aliphatic carbocycles. The molecule has 0 aliphatic heterocycles. The molecule has 0 aliphatic rings. The molecule has 0 aromatic carbocycles. The molecule has 0 aromatic rings. The zero-order valence-corrected chi connectivity index (χ0v) is 7.05. The van der Waals surface area contributed by atoms with Crippen LogP contribution < -0.4 is 0 Å². The lowest BCUT2D eigenvalue weighted by Crippen LogP contribution is -2.38. The van der Waals surface area contributed by atoms with Gasteiger partial charge in [0.05, 0.1) is 0 Å². The topological polar surface area (TPSA) is 6.48 Å². The average molecular weight is 127 g/mol. The molecule has 0 saturated heterocycles. The molecule has 0 fully saturated rings. The van der Waals surface area contributed by atoms with E-state index in [0.29, 0.717) is 6.04 Å². The summed E-state index contributed by atoms with van der Waals surface area (Å²) in [6, 6.07) is 0.590.